The van der Waals surface area contributed by atoms with E-state index in [1.165, 1.54) is 16.7 Å². The van der Waals surface area contributed by atoms with Crippen LogP contribution in [0.3, 0.4) is 0 Å². The Labute approximate surface area is 253 Å². The third-order valence-corrected chi connectivity index (χ3v) is 8.08. The van der Waals surface area contributed by atoms with Crippen LogP contribution in [0, 0.1) is 10.1 Å². The molecule has 9 nitrogen and oxygen atoms in total. The smallest absolute Gasteiger partial charge is 0.338 e. The third-order valence-electron chi connectivity index (χ3n) is 6.52. The number of aromatic nitrogens is 1. The molecule has 0 saturated carbocycles. The van der Waals surface area contributed by atoms with Crippen molar-refractivity contribution in [1.29, 1.82) is 0 Å². The summed E-state index contributed by atoms with van der Waals surface area (Å²) < 4.78 is 13.1. The largest absolute Gasteiger partial charge is 0.488 e. The van der Waals surface area contributed by atoms with Crippen LogP contribution in [0.4, 0.5) is 5.69 Å². The second kappa shape index (κ2) is 12.3. The van der Waals surface area contributed by atoms with Gasteiger partial charge in [0.25, 0.3) is 11.2 Å². The van der Waals surface area contributed by atoms with E-state index in [0.29, 0.717) is 42.0 Å². The van der Waals surface area contributed by atoms with E-state index in [-0.39, 0.29) is 30.0 Å². The van der Waals surface area contributed by atoms with Crippen molar-refractivity contribution in [2.24, 2.45) is 4.99 Å². The van der Waals surface area contributed by atoms with E-state index in [9.17, 15) is 19.7 Å². The van der Waals surface area contributed by atoms with E-state index in [4.69, 9.17) is 32.7 Å². The Bertz CT molecular complexity index is 1910. The number of nitro groups is 1. The number of non-ortho nitro benzene ring substituents is 1. The average Bonchev–Trinajstić information content (AvgIpc) is 3.26. The van der Waals surface area contributed by atoms with E-state index in [2.05, 4.69) is 4.99 Å². The Morgan fingerprint density at radius 3 is 2.57 bits per heavy atom. The Kier molecular flexibility index (Phi) is 8.58. The fraction of sp³-hybridized carbons (Fsp3) is 0.167. The SMILES string of the molecule is CCOC(=O)C1=C(C)N=c2s/c(=C\c3cc(Cl)ccc3OCc3ccc([N+](=O)[O-])cc3)c(=O)n2[C@H]1c1ccccc1Cl. The molecule has 0 saturated heterocycles. The normalized spacial score (nSPS) is 14.8. The standard InChI is InChI=1S/C30H23Cl2N3O6S/c1-3-40-29(37)26-17(2)33-30-34(27(26)22-6-4-5-7-23(22)32)28(36)25(42-30)15-19-14-20(31)10-13-24(19)41-16-18-8-11-21(12-9-18)35(38)39/h4-15,27H,3,16H2,1-2H3/b25-15-/t27-/m0/s1. The first-order chi connectivity index (χ1) is 20.2. The van der Waals surface area contributed by atoms with Crippen molar-refractivity contribution in [2.45, 2.75) is 26.5 Å². The fourth-order valence-electron chi connectivity index (χ4n) is 4.56. The minimum atomic E-state index is -0.839. The van der Waals surface area contributed by atoms with Gasteiger partial charge in [0.15, 0.2) is 4.80 Å². The number of ether oxygens (including phenoxy) is 2. The number of carbonyl (C=O) groups is 1. The summed E-state index contributed by atoms with van der Waals surface area (Å²) in [5.74, 6) is -0.121. The lowest BCUT2D eigenvalue weighted by Gasteiger charge is -2.25. The van der Waals surface area contributed by atoms with E-state index < -0.39 is 16.9 Å². The maximum atomic E-state index is 13.9. The van der Waals surface area contributed by atoms with Crippen LogP contribution in [0.5, 0.6) is 5.75 Å². The number of carbonyl (C=O) groups excluding carboxylic acids is 1. The topological polar surface area (TPSA) is 113 Å². The second-order valence-electron chi connectivity index (χ2n) is 9.22. The molecule has 0 spiro atoms. The quantitative estimate of drug-likeness (QED) is 0.144. The van der Waals surface area contributed by atoms with Gasteiger partial charge in [0.05, 0.1) is 27.3 Å². The highest BCUT2D eigenvalue weighted by molar-refractivity contribution is 7.07. The van der Waals surface area contributed by atoms with Crippen LogP contribution in [0.2, 0.25) is 10.0 Å². The van der Waals surface area contributed by atoms with Gasteiger partial charge in [-0.15, -0.1) is 0 Å². The van der Waals surface area contributed by atoms with Crippen molar-refractivity contribution >= 4 is 52.3 Å². The van der Waals surface area contributed by atoms with Gasteiger partial charge in [-0.3, -0.25) is 19.5 Å². The molecule has 0 unspecified atom stereocenters. The molecular weight excluding hydrogens is 601 g/mol. The highest BCUT2D eigenvalue weighted by Gasteiger charge is 2.34. The summed E-state index contributed by atoms with van der Waals surface area (Å²) in [7, 11) is 0. The zero-order chi connectivity index (χ0) is 30.0. The Hall–Kier alpha value is -4.25. The predicted octanol–water partition coefficient (Wildman–Crippen LogP) is 5.59. The molecule has 214 valence electrons. The maximum absolute atomic E-state index is 13.9. The third kappa shape index (κ3) is 5.87. The summed E-state index contributed by atoms with van der Waals surface area (Å²) in [6.07, 6.45) is 1.66. The molecule has 3 aromatic carbocycles. The molecule has 1 aliphatic heterocycles. The van der Waals surface area contributed by atoms with Crippen molar-refractivity contribution < 1.29 is 19.2 Å². The van der Waals surface area contributed by atoms with Crippen LogP contribution in [-0.2, 0) is 16.1 Å². The Morgan fingerprint density at radius 2 is 1.88 bits per heavy atom. The molecule has 2 heterocycles. The van der Waals surface area contributed by atoms with E-state index >= 15 is 0 Å². The lowest BCUT2D eigenvalue weighted by Crippen LogP contribution is -2.40. The Morgan fingerprint density at radius 1 is 1.14 bits per heavy atom. The maximum Gasteiger partial charge on any atom is 0.338 e. The fourth-order valence-corrected chi connectivity index (χ4v) is 6.02. The van der Waals surface area contributed by atoms with Crippen molar-refractivity contribution in [3.8, 4) is 5.75 Å². The molecule has 12 heteroatoms. The monoisotopic (exact) mass is 623 g/mol. The molecule has 0 radical (unpaired) electrons. The molecule has 1 atom stereocenters. The van der Waals surface area contributed by atoms with Crippen LogP contribution in [0.1, 0.15) is 36.6 Å². The molecular formula is C30H23Cl2N3O6S. The molecule has 5 rings (SSSR count). The number of hydrogen-bond acceptors (Lipinski definition) is 8. The average molecular weight is 625 g/mol. The van der Waals surface area contributed by atoms with Gasteiger partial charge < -0.3 is 9.47 Å². The lowest BCUT2D eigenvalue weighted by molar-refractivity contribution is -0.384. The second-order valence-corrected chi connectivity index (χ2v) is 11.1. The van der Waals surface area contributed by atoms with Crippen LogP contribution < -0.4 is 19.6 Å². The van der Waals surface area contributed by atoms with Crippen molar-refractivity contribution in [3.63, 3.8) is 0 Å². The highest BCUT2D eigenvalue weighted by atomic mass is 35.5. The molecule has 0 bridgehead atoms. The minimum Gasteiger partial charge on any atom is -0.488 e. The number of hydrogen-bond donors (Lipinski definition) is 0. The predicted molar refractivity (Wildman–Crippen MR) is 161 cm³/mol. The number of fused-ring (bicyclic) bond motifs is 1. The van der Waals surface area contributed by atoms with Gasteiger partial charge in [-0.2, -0.15) is 0 Å². The number of nitrogens with zero attached hydrogens (tertiary/aromatic N) is 3. The summed E-state index contributed by atoms with van der Waals surface area (Å²) in [6.45, 7) is 3.71. The summed E-state index contributed by atoms with van der Waals surface area (Å²) in [6, 6.07) is 17.3. The van der Waals surface area contributed by atoms with Crippen LogP contribution in [0.25, 0.3) is 6.08 Å². The van der Waals surface area contributed by atoms with Gasteiger partial charge in [0.1, 0.15) is 18.4 Å². The van der Waals surface area contributed by atoms with Crippen molar-refractivity contribution in [2.75, 3.05) is 6.61 Å². The van der Waals surface area contributed by atoms with E-state index in [1.807, 2.05) is 0 Å². The number of esters is 1. The first-order valence-electron chi connectivity index (χ1n) is 12.8. The summed E-state index contributed by atoms with van der Waals surface area (Å²) >= 11 is 14.0. The van der Waals surface area contributed by atoms with E-state index in [1.54, 1.807) is 74.5 Å². The minimum absolute atomic E-state index is 0.0160. The van der Waals surface area contributed by atoms with Crippen molar-refractivity contribution in [3.05, 3.63) is 135 Å². The first kappa shape index (κ1) is 29.2. The van der Waals surface area contributed by atoms with E-state index in [0.717, 1.165) is 16.9 Å². The summed E-state index contributed by atoms with van der Waals surface area (Å²) in [5.41, 5.74) is 2.11. The first-order valence-corrected chi connectivity index (χ1v) is 14.3. The number of halogens is 2. The van der Waals surface area contributed by atoms with Gasteiger partial charge in [0, 0.05) is 27.7 Å². The zero-order valence-electron chi connectivity index (χ0n) is 22.4. The van der Waals surface area contributed by atoms with Gasteiger partial charge in [-0.1, -0.05) is 52.7 Å². The summed E-state index contributed by atoms with van der Waals surface area (Å²) in [5, 5.41) is 11.8. The molecule has 0 aliphatic carbocycles. The number of thiazole rings is 1. The lowest BCUT2D eigenvalue weighted by atomic mass is 9.96. The van der Waals surface area contributed by atoms with Crippen LogP contribution in [-0.4, -0.2) is 22.1 Å². The molecule has 4 aromatic rings. The molecule has 42 heavy (non-hydrogen) atoms. The number of allylic oxidation sites excluding steroid dienone is 1. The van der Waals surface area contributed by atoms with Crippen molar-refractivity contribution in [1.82, 2.24) is 4.57 Å². The van der Waals surface area contributed by atoms with Gasteiger partial charge in [0.2, 0.25) is 0 Å². The molecule has 0 amide bonds. The Balaban J connectivity index is 1.59. The van der Waals surface area contributed by atoms with Gasteiger partial charge in [-0.05, 0) is 67.4 Å². The number of nitro benzene ring substituents is 1. The van der Waals surface area contributed by atoms with Crippen LogP contribution >= 0.6 is 34.5 Å². The summed E-state index contributed by atoms with van der Waals surface area (Å²) in [4.78, 5) is 42.5. The molecule has 1 aliphatic rings. The molecule has 1 aromatic heterocycles. The van der Waals surface area contributed by atoms with Crippen LogP contribution in [0.15, 0.2) is 87.8 Å². The zero-order valence-corrected chi connectivity index (χ0v) is 24.7. The number of benzene rings is 3. The highest BCUT2D eigenvalue weighted by Crippen LogP contribution is 2.34. The number of rotatable bonds is 8. The molecule has 0 N–H and O–H groups in total. The molecule has 0 fully saturated rings. The van der Waals surface area contributed by atoms with Gasteiger partial charge in [-0.25, -0.2) is 9.79 Å². The van der Waals surface area contributed by atoms with Gasteiger partial charge >= 0.3 is 5.97 Å².